The van der Waals surface area contributed by atoms with E-state index in [4.69, 9.17) is 10.2 Å². The Hall–Kier alpha value is -1.00. The Bertz CT molecular complexity index is 374. The molecule has 0 atom stereocenters. The van der Waals surface area contributed by atoms with Gasteiger partial charge in [0.2, 0.25) is 5.91 Å². The van der Waals surface area contributed by atoms with E-state index in [2.05, 4.69) is 0 Å². The van der Waals surface area contributed by atoms with Crippen molar-refractivity contribution in [2.45, 2.75) is 27.3 Å². The van der Waals surface area contributed by atoms with Gasteiger partial charge in [-0.3, -0.25) is 4.79 Å². The minimum atomic E-state index is -0.517. The third kappa shape index (κ3) is 4.06. The van der Waals surface area contributed by atoms with E-state index in [-0.39, 0.29) is 18.3 Å². The molecular weight excluding hydrogens is 240 g/mol. The zero-order valence-corrected chi connectivity index (χ0v) is 11.6. The standard InChI is InChI=1S/C12H20N2O2.ClH/c1-9-5-6-10(16-9)7-14(4)11(15)12(2,3)8-13;/h5-6H,7-8,13H2,1-4H3;1H. The lowest BCUT2D eigenvalue weighted by molar-refractivity contribution is -0.139. The molecule has 0 aromatic carbocycles. The smallest absolute Gasteiger partial charge is 0.229 e. The Balaban J connectivity index is 0.00000256. The van der Waals surface area contributed by atoms with Gasteiger partial charge in [0.15, 0.2) is 0 Å². The van der Waals surface area contributed by atoms with Crippen LogP contribution in [-0.2, 0) is 11.3 Å². The lowest BCUT2D eigenvalue weighted by Crippen LogP contribution is -2.42. The van der Waals surface area contributed by atoms with Crippen LogP contribution in [0.25, 0.3) is 0 Å². The Morgan fingerprint density at radius 1 is 1.47 bits per heavy atom. The van der Waals surface area contributed by atoms with Crippen molar-refractivity contribution in [2.75, 3.05) is 13.6 Å². The van der Waals surface area contributed by atoms with Crippen molar-refractivity contribution < 1.29 is 9.21 Å². The minimum absolute atomic E-state index is 0. The second kappa shape index (κ2) is 6.07. The average molecular weight is 261 g/mol. The maximum Gasteiger partial charge on any atom is 0.229 e. The van der Waals surface area contributed by atoms with Gasteiger partial charge in [-0.2, -0.15) is 0 Å². The van der Waals surface area contributed by atoms with E-state index in [9.17, 15) is 4.79 Å². The molecule has 0 spiro atoms. The number of halogens is 1. The van der Waals surface area contributed by atoms with E-state index < -0.39 is 5.41 Å². The number of carbonyl (C=O) groups is 1. The largest absolute Gasteiger partial charge is 0.464 e. The van der Waals surface area contributed by atoms with Crippen molar-refractivity contribution in [1.29, 1.82) is 0 Å². The predicted octanol–water partition coefficient (Wildman–Crippen LogP) is 1.95. The molecule has 0 fully saturated rings. The van der Waals surface area contributed by atoms with Crippen LogP contribution in [0.2, 0.25) is 0 Å². The predicted molar refractivity (Wildman–Crippen MR) is 70.0 cm³/mol. The van der Waals surface area contributed by atoms with Crippen molar-refractivity contribution >= 4 is 18.3 Å². The maximum absolute atomic E-state index is 12.0. The quantitative estimate of drug-likeness (QED) is 0.900. The zero-order chi connectivity index (χ0) is 12.3. The molecule has 17 heavy (non-hydrogen) atoms. The molecule has 0 aliphatic rings. The Morgan fingerprint density at radius 2 is 2.06 bits per heavy atom. The van der Waals surface area contributed by atoms with E-state index in [1.54, 1.807) is 11.9 Å². The van der Waals surface area contributed by atoms with Crippen LogP contribution >= 0.6 is 12.4 Å². The van der Waals surface area contributed by atoms with Gasteiger partial charge in [0.25, 0.3) is 0 Å². The van der Waals surface area contributed by atoms with Crippen LogP contribution in [0.4, 0.5) is 0 Å². The fraction of sp³-hybridized carbons (Fsp3) is 0.583. The minimum Gasteiger partial charge on any atom is -0.464 e. The van der Waals surface area contributed by atoms with Gasteiger partial charge in [-0.1, -0.05) is 0 Å². The fourth-order valence-corrected chi connectivity index (χ4v) is 1.48. The third-order valence-electron chi connectivity index (χ3n) is 2.62. The first kappa shape index (κ1) is 16.0. The summed E-state index contributed by atoms with van der Waals surface area (Å²) in [6, 6.07) is 3.77. The summed E-state index contributed by atoms with van der Waals surface area (Å²) in [6.07, 6.45) is 0. The van der Waals surface area contributed by atoms with Crippen LogP contribution < -0.4 is 5.73 Å². The molecule has 1 amide bonds. The Morgan fingerprint density at radius 3 is 2.47 bits per heavy atom. The number of aryl methyl sites for hydroxylation is 1. The zero-order valence-electron chi connectivity index (χ0n) is 10.8. The van der Waals surface area contributed by atoms with Crippen molar-refractivity contribution in [3.05, 3.63) is 23.7 Å². The SMILES string of the molecule is Cc1ccc(CN(C)C(=O)C(C)(C)CN)o1.Cl. The van der Waals surface area contributed by atoms with Gasteiger partial charge < -0.3 is 15.1 Å². The van der Waals surface area contributed by atoms with E-state index in [0.29, 0.717) is 13.1 Å². The summed E-state index contributed by atoms with van der Waals surface area (Å²) in [5.74, 6) is 1.68. The average Bonchev–Trinajstić information content (AvgIpc) is 2.62. The summed E-state index contributed by atoms with van der Waals surface area (Å²) in [6.45, 7) is 6.40. The summed E-state index contributed by atoms with van der Waals surface area (Å²) >= 11 is 0. The summed E-state index contributed by atoms with van der Waals surface area (Å²) < 4.78 is 5.43. The molecule has 1 aromatic heterocycles. The maximum atomic E-state index is 12.0. The molecule has 1 heterocycles. The molecule has 5 heteroatoms. The van der Waals surface area contributed by atoms with Crippen LogP contribution in [0, 0.1) is 12.3 Å². The van der Waals surface area contributed by atoms with Crippen LogP contribution in [-0.4, -0.2) is 24.4 Å². The van der Waals surface area contributed by atoms with Gasteiger partial charge in [0.05, 0.1) is 12.0 Å². The van der Waals surface area contributed by atoms with Gasteiger partial charge >= 0.3 is 0 Å². The second-order valence-electron chi connectivity index (χ2n) is 4.76. The summed E-state index contributed by atoms with van der Waals surface area (Å²) in [5, 5.41) is 0. The van der Waals surface area contributed by atoms with Crippen molar-refractivity contribution in [1.82, 2.24) is 4.90 Å². The molecule has 4 nitrogen and oxygen atoms in total. The number of hydrogen-bond donors (Lipinski definition) is 1. The highest BCUT2D eigenvalue weighted by Crippen LogP contribution is 2.18. The van der Waals surface area contributed by atoms with Gasteiger partial charge in [0.1, 0.15) is 11.5 Å². The first-order valence-corrected chi connectivity index (χ1v) is 5.38. The van der Waals surface area contributed by atoms with Crippen LogP contribution in [0.15, 0.2) is 16.5 Å². The topological polar surface area (TPSA) is 59.5 Å². The van der Waals surface area contributed by atoms with E-state index in [0.717, 1.165) is 11.5 Å². The molecule has 0 unspecified atom stereocenters. The Kier molecular flexibility index (Phi) is 5.72. The number of furan rings is 1. The number of hydrogen-bond acceptors (Lipinski definition) is 3. The van der Waals surface area contributed by atoms with Crippen molar-refractivity contribution in [3.63, 3.8) is 0 Å². The molecule has 0 radical (unpaired) electrons. The highest BCUT2D eigenvalue weighted by Gasteiger charge is 2.29. The van der Waals surface area contributed by atoms with Crippen molar-refractivity contribution in [3.8, 4) is 0 Å². The summed E-state index contributed by atoms with van der Waals surface area (Å²) in [4.78, 5) is 13.7. The van der Waals surface area contributed by atoms with Crippen LogP contribution in [0.5, 0.6) is 0 Å². The molecule has 2 N–H and O–H groups in total. The van der Waals surface area contributed by atoms with E-state index >= 15 is 0 Å². The van der Waals surface area contributed by atoms with Gasteiger partial charge in [-0.15, -0.1) is 12.4 Å². The molecule has 1 rings (SSSR count). The second-order valence-corrected chi connectivity index (χ2v) is 4.76. The summed E-state index contributed by atoms with van der Waals surface area (Å²) in [7, 11) is 1.76. The molecule has 1 aromatic rings. The molecule has 0 saturated heterocycles. The monoisotopic (exact) mass is 260 g/mol. The number of rotatable bonds is 4. The Labute approximate surface area is 109 Å². The van der Waals surface area contributed by atoms with E-state index in [1.807, 2.05) is 32.9 Å². The molecule has 0 saturated carbocycles. The van der Waals surface area contributed by atoms with Crippen LogP contribution in [0.3, 0.4) is 0 Å². The lowest BCUT2D eigenvalue weighted by atomic mass is 9.92. The third-order valence-corrected chi connectivity index (χ3v) is 2.62. The number of amides is 1. The first-order chi connectivity index (χ1) is 7.36. The van der Waals surface area contributed by atoms with Gasteiger partial charge in [0, 0.05) is 13.6 Å². The molecule has 0 bridgehead atoms. The normalized spacial score (nSPS) is 10.9. The first-order valence-electron chi connectivity index (χ1n) is 5.38. The van der Waals surface area contributed by atoms with Crippen molar-refractivity contribution in [2.24, 2.45) is 11.1 Å². The number of carbonyl (C=O) groups excluding carboxylic acids is 1. The summed E-state index contributed by atoms with van der Waals surface area (Å²) in [5.41, 5.74) is 5.05. The molecule has 98 valence electrons. The number of nitrogens with two attached hydrogens (primary N) is 1. The number of nitrogens with zero attached hydrogens (tertiary/aromatic N) is 1. The van der Waals surface area contributed by atoms with Crippen LogP contribution in [0.1, 0.15) is 25.4 Å². The molecule has 0 aliphatic heterocycles. The van der Waals surface area contributed by atoms with Gasteiger partial charge in [-0.25, -0.2) is 0 Å². The molecular formula is C12H21ClN2O2. The van der Waals surface area contributed by atoms with Gasteiger partial charge in [-0.05, 0) is 32.9 Å². The highest BCUT2D eigenvalue weighted by molar-refractivity contribution is 5.85. The highest BCUT2D eigenvalue weighted by atomic mass is 35.5. The lowest BCUT2D eigenvalue weighted by Gasteiger charge is -2.27. The van der Waals surface area contributed by atoms with E-state index in [1.165, 1.54) is 0 Å². The molecule has 0 aliphatic carbocycles. The fourth-order valence-electron chi connectivity index (χ4n) is 1.48.